The summed E-state index contributed by atoms with van der Waals surface area (Å²) < 4.78 is 10.4. The molecule has 0 bridgehead atoms. The molecule has 1 saturated heterocycles. The lowest BCUT2D eigenvalue weighted by Gasteiger charge is -2.28. The van der Waals surface area contributed by atoms with Crippen molar-refractivity contribution in [2.45, 2.75) is 18.5 Å². The van der Waals surface area contributed by atoms with Gasteiger partial charge in [0.2, 0.25) is 17.6 Å². The van der Waals surface area contributed by atoms with Crippen LogP contribution in [0.1, 0.15) is 11.5 Å². The Morgan fingerprint density at radius 1 is 1.20 bits per heavy atom. The van der Waals surface area contributed by atoms with Crippen LogP contribution in [0, 0.1) is 6.92 Å². The third-order valence-corrected chi connectivity index (χ3v) is 5.69. The van der Waals surface area contributed by atoms with Gasteiger partial charge in [-0.1, -0.05) is 29.1 Å². The second kappa shape index (κ2) is 9.73. The molecule has 0 saturated carbocycles. The smallest absolute Gasteiger partial charge is 0.230 e. The number of pyridine rings is 1. The van der Waals surface area contributed by atoms with E-state index in [2.05, 4.69) is 37.5 Å². The lowest BCUT2D eigenvalue weighted by molar-refractivity contribution is -0.118. The fraction of sp³-hybridized carbons (Fsp3) is 0.333. The van der Waals surface area contributed by atoms with Crippen molar-refractivity contribution in [3.05, 3.63) is 54.0 Å². The van der Waals surface area contributed by atoms with E-state index in [1.807, 2.05) is 24.3 Å². The summed E-state index contributed by atoms with van der Waals surface area (Å²) in [7, 11) is 0. The van der Waals surface area contributed by atoms with E-state index >= 15 is 0 Å². The van der Waals surface area contributed by atoms with Gasteiger partial charge < -0.3 is 19.5 Å². The number of carbonyl (C=O) groups is 1. The molecule has 0 aliphatic carbocycles. The number of nitrogens with one attached hydrogen (secondary N) is 1. The molecular formula is C21H23N5O3S. The summed E-state index contributed by atoms with van der Waals surface area (Å²) in [6.45, 7) is 5.57. The molecular weight excluding hydrogens is 402 g/mol. The zero-order chi connectivity index (χ0) is 20.8. The van der Waals surface area contributed by atoms with E-state index in [0.717, 1.165) is 37.4 Å². The highest BCUT2D eigenvalue weighted by molar-refractivity contribution is 8.00. The molecule has 0 atom stereocenters. The molecule has 2 aromatic heterocycles. The number of aryl methyl sites for hydroxylation is 1. The van der Waals surface area contributed by atoms with Crippen LogP contribution < -0.4 is 10.2 Å². The molecule has 30 heavy (non-hydrogen) atoms. The Balaban J connectivity index is 1.29. The number of hydrogen-bond donors (Lipinski definition) is 1. The number of aromatic nitrogens is 3. The second-order valence-corrected chi connectivity index (χ2v) is 7.79. The number of amides is 1. The first-order valence-electron chi connectivity index (χ1n) is 9.76. The summed E-state index contributed by atoms with van der Waals surface area (Å²) in [5.41, 5.74) is 3.00. The van der Waals surface area contributed by atoms with Gasteiger partial charge in [0.05, 0.1) is 24.5 Å². The Bertz CT molecular complexity index is 986. The van der Waals surface area contributed by atoms with Gasteiger partial charge in [0.25, 0.3) is 0 Å². The number of ether oxygens (including phenoxy) is 1. The lowest BCUT2D eigenvalue weighted by atomic mass is 10.2. The van der Waals surface area contributed by atoms with Crippen molar-refractivity contribution in [3.8, 4) is 11.4 Å². The van der Waals surface area contributed by atoms with Gasteiger partial charge in [0, 0.05) is 38.4 Å². The molecule has 1 amide bonds. The largest absolute Gasteiger partial charge is 0.378 e. The number of benzene rings is 1. The Kier molecular flexibility index (Phi) is 6.60. The second-order valence-electron chi connectivity index (χ2n) is 6.82. The molecule has 3 aromatic rings. The number of anilines is 1. The Hall–Kier alpha value is -2.91. The first-order valence-corrected chi connectivity index (χ1v) is 10.7. The highest BCUT2D eigenvalue weighted by atomic mass is 32.2. The van der Waals surface area contributed by atoms with Crippen LogP contribution in [0.25, 0.3) is 11.4 Å². The molecule has 1 aliphatic rings. The predicted octanol–water partition coefficient (Wildman–Crippen LogP) is 2.69. The lowest BCUT2D eigenvalue weighted by Crippen LogP contribution is -2.36. The van der Waals surface area contributed by atoms with Crippen molar-refractivity contribution in [1.82, 2.24) is 20.4 Å². The number of morpholine rings is 1. The van der Waals surface area contributed by atoms with E-state index in [9.17, 15) is 4.79 Å². The number of carbonyl (C=O) groups excluding carboxylic acids is 1. The third kappa shape index (κ3) is 5.17. The Morgan fingerprint density at radius 2 is 2.00 bits per heavy atom. The van der Waals surface area contributed by atoms with Gasteiger partial charge in [-0.05, 0) is 29.8 Å². The molecule has 1 aromatic carbocycles. The molecule has 1 aliphatic heterocycles. The van der Waals surface area contributed by atoms with Gasteiger partial charge in [-0.25, -0.2) is 4.98 Å². The monoisotopic (exact) mass is 425 g/mol. The summed E-state index contributed by atoms with van der Waals surface area (Å²) in [6.07, 6.45) is 1.69. The molecule has 9 heteroatoms. The number of rotatable bonds is 7. The quantitative estimate of drug-likeness (QED) is 0.578. The fourth-order valence-electron chi connectivity index (χ4n) is 3.12. The Labute approximate surface area is 179 Å². The standard InChI is InChI=1S/C21H23N5O3S/c1-15-24-20(25-29-15)18-3-2-8-22-21(18)30-14-19(27)23-13-16-4-6-17(7-5-16)26-9-11-28-12-10-26/h2-8H,9-14H2,1H3,(H,23,27). The van der Waals surface area contributed by atoms with Crippen LogP contribution >= 0.6 is 11.8 Å². The van der Waals surface area contributed by atoms with Gasteiger partial charge in [0.15, 0.2) is 0 Å². The zero-order valence-electron chi connectivity index (χ0n) is 16.7. The summed E-state index contributed by atoms with van der Waals surface area (Å²) in [4.78, 5) is 23.2. The normalized spacial score (nSPS) is 14.0. The van der Waals surface area contributed by atoms with Crippen LogP contribution in [0.4, 0.5) is 5.69 Å². The first-order chi connectivity index (χ1) is 14.7. The van der Waals surface area contributed by atoms with E-state index in [1.54, 1.807) is 13.1 Å². The van der Waals surface area contributed by atoms with Crippen molar-refractivity contribution in [3.63, 3.8) is 0 Å². The van der Waals surface area contributed by atoms with Crippen LogP contribution in [0.15, 0.2) is 52.1 Å². The molecule has 8 nitrogen and oxygen atoms in total. The Morgan fingerprint density at radius 3 is 2.73 bits per heavy atom. The summed E-state index contributed by atoms with van der Waals surface area (Å²) in [6, 6.07) is 12.0. The molecule has 0 spiro atoms. The van der Waals surface area contributed by atoms with Crippen LogP contribution in [-0.2, 0) is 16.1 Å². The fourth-order valence-corrected chi connectivity index (χ4v) is 3.94. The van der Waals surface area contributed by atoms with Crippen molar-refractivity contribution >= 4 is 23.4 Å². The van der Waals surface area contributed by atoms with Crippen LogP contribution in [0.5, 0.6) is 0 Å². The molecule has 1 fully saturated rings. The maximum atomic E-state index is 12.3. The third-order valence-electron chi connectivity index (χ3n) is 4.68. The van der Waals surface area contributed by atoms with Crippen molar-refractivity contribution < 1.29 is 14.1 Å². The van der Waals surface area contributed by atoms with Gasteiger partial charge in [-0.2, -0.15) is 4.98 Å². The summed E-state index contributed by atoms with van der Waals surface area (Å²) in [5.74, 6) is 1.16. The SMILES string of the molecule is Cc1nc(-c2cccnc2SCC(=O)NCc2ccc(N3CCOCC3)cc2)no1. The first kappa shape index (κ1) is 20.4. The van der Waals surface area contributed by atoms with E-state index in [-0.39, 0.29) is 11.7 Å². The predicted molar refractivity (Wildman–Crippen MR) is 114 cm³/mol. The van der Waals surface area contributed by atoms with Crippen molar-refractivity contribution in [1.29, 1.82) is 0 Å². The van der Waals surface area contributed by atoms with Crippen molar-refractivity contribution in [2.75, 3.05) is 37.0 Å². The number of nitrogens with zero attached hydrogens (tertiary/aromatic N) is 4. The topological polar surface area (TPSA) is 93.4 Å². The van der Waals surface area contributed by atoms with Gasteiger partial charge in [-0.3, -0.25) is 4.79 Å². The summed E-state index contributed by atoms with van der Waals surface area (Å²) in [5, 5.41) is 7.60. The summed E-state index contributed by atoms with van der Waals surface area (Å²) >= 11 is 1.35. The van der Waals surface area contributed by atoms with Crippen LogP contribution in [0.3, 0.4) is 0 Å². The molecule has 4 rings (SSSR count). The maximum absolute atomic E-state index is 12.3. The van der Waals surface area contributed by atoms with E-state index in [4.69, 9.17) is 9.26 Å². The molecule has 0 radical (unpaired) electrons. The highest BCUT2D eigenvalue weighted by Crippen LogP contribution is 2.27. The average molecular weight is 426 g/mol. The van der Waals surface area contributed by atoms with E-state index < -0.39 is 0 Å². The maximum Gasteiger partial charge on any atom is 0.230 e. The van der Waals surface area contributed by atoms with E-state index in [1.165, 1.54) is 17.4 Å². The van der Waals surface area contributed by atoms with Crippen LogP contribution in [0.2, 0.25) is 0 Å². The molecule has 3 heterocycles. The van der Waals surface area contributed by atoms with Gasteiger partial charge in [-0.15, -0.1) is 0 Å². The minimum atomic E-state index is -0.0573. The van der Waals surface area contributed by atoms with Crippen LogP contribution in [-0.4, -0.2) is 53.1 Å². The zero-order valence-corrected chi connectivity index (χ0v) is 17.5. The van der Waals surface area contributed by atoms with Gasteiger partial charge >= 0.3 is 0 Å². The van der Waals surface area contributed by atoms with E-state index in [0.29, 0.717) is 23.3 Å². The number of thioether (sulfide) groups is 1. The molecule has 156 valence electrons. The minimum absolute atomic E-state index is 0.0573. The highest BCUT2D eigenvalue weighted by Gasteiger charge is 2.14. The minimum Gasteiger partial charge on any atom is -0.378 e. The average Bonchev–Trinajstić information content (AvgIpc) is 3.23. The van der Waals surface area contributed by atoms with Crippen molar-refractivity contribution in [2.24, 2.45) is 0 Å². The van der Waals surface area contributed by atoms with Gasteiger partial charge in [0.1, 0.15) is 5.03 Å². The molecule has 0 unspecified atom stereocenters. The molecule has 1 N–H and O–H groups in total. The number of hydrogen-bond acceptors (Lipinski definition) is 8.